The van der Waals surface area contributed by atoms with E-state index in [1.54, 1.807) is 12.4 Å². The normalized spacial score (nSPS) is 17.8. The molecule has 2 rings (SSSR count). The van der Waals surface area contributed by atoms with E-state index in [1.165, 1.54) is 0 Å². The first-order chi connectivity index (χ1) is 7.27. The predicted octanol–water partition coefficient (Wildman–Crippen LogP) is 1.78. The van der Waals surface area contributed by atoms with Crippen LogP contribution in [0.25, 0.3) is 0 Å². The minimum absolute atomic E-state index is 0. The summed E-state index contributed by atoms with van der Waals surface area (Å²) in [7, 11) is 0. The van der Waals surface area contributed by atoms with Gasteiger partial charge in [-0.15, -0.1) is 24.8 Å². The van der Waals surface area contributed by atoms with Crippen molar-refractivity contribution in [2.24, 2.45) is 5.92 Å². The number of nitrogens with zero attached hydrogens (tertiary/aromatic N) is 1. The van der Waals surface area contributed by atoms with Crippen LogP contribution >= 0.6 is 24.8 Å². The van der Waals surface area contributed by atoms with Gasteiger partial charge in [0, 0.05) is 12.7 Å². The summed E-state index contributed by atoms with van der Waals surface area (Å²) in [5.74, 6) is 0.195. The molecule has 1 aliphatic rings. The van der Waals surface area contributed by atoms with Crippen LogP contribution in [0, 0.1) is 12.8 Å². The highest BCUT2D eigenvalue weighted by Crippen LogP contribution is 2.15. The van der Waals surface area contributed by atoms with E-state index in [1.807, 2.05) is 13.0 Å². The van der Waals surface area contributed by atoms with Crippen molar-refractivity contribution in [3.8, 4) is 0 Å². The monoisotopic (exact) mass is 277 g/mol. The third kappa shape index (κ3) is 4.15. The van der Waals surface area contributed by atoms with Crippen LogP contribution in [0.2, 0.25) is 0 Å². The number of nitrogens with one attached hydrogen (secondary N) is 2. The summed E-state index contributed by atoms with van der Waals surface area (Å²) in [4.78, 5) is 15.8. The number of pyridine rings is 1. The Morgan fingerprint density at radius 1 is 1.53 bits per heavy atom. The van der Waals surface area contributed by atoms with Crippen molar-refractivity contribution in [2.75, 3.05) is 18.4 Å². The van der Waals surface area contributed by atoms with E-state index < -0.39 is 0 Å². The standard InChI is InChI=1S/C11H15N3O.2ClH/c1-8-2-4-13-7-10(8)14-11(15)9-3-5-12-6-9;;/h2,4,7,9,12H,3,5-6H2,1H3,(H,14,15);2*1H. The molecule has 1 saturated heterocycles. The SMILES string of the molecule is Cc1ccncc1NC(=O)C1CCNC1.Cl.Cl. The third-order valence-electron chi connectivity index (χ3n) is 2.73. The first-order valence-corrected chi connectivity index (χ1v) is 5.19. The molecule has 17 heavy (non-hydrogen) atoms. The van der Waals surface area contributed by atoms with Crippen molar-refractivity contribution < 1.29 is 4.79 Å². The number of anilines is 1. The lowest BCUT2D eigenvalue weighted by Crippen LogP contribution is -2.25. The molecule has 1 fully saturated rings. The Balaban J connectivity index is 0.00000128. The number of hydrogen-bond acceptors (Lipinski definition) is 3. The van der Waals surface area contributed by atoms with Gasteiger partial charge in [-0.2, -0.15) is 0 Å². The maximum absolute atomic E-state index is 11.8. The maximum atomic E-state index is 11.8. The zero-order valence-electron chi connectivity index (χ0n) is 9.60. The zero-order chi connectivity index (χ0) is 10.7. The summed E-state index contributed by atoms with van der Waals surface area (Å²) in [5.41, 5.74) is 1.86. The highest BCUT2D eigenvalue weighted by Gasteiger charge is 2.22. The molecule has 0 bridgehead atoms. The van der Waals surface area contributed by atoms with E-state index in [0.717, 1.165) is 30.8 Å². The molecule has 1 aliphatic heterocycles. The van der Waals surface area contributed by atoms with E-state index in [4.69, 9.17) is 0 Å². The zero-order valence-corrected chi connectivity index (χ0v) is 11.2. The van der Waals surface area contributed by atoms with Gasteiger partial charge in [-0.3, -0.25) is 9.78 Å². The van der Waals surface area contributed by atoms with Crippen molar-refractivity contribution >= 4 is 36.4 Å². The smallest absolute Gasteiger partial charge is 0.228 e. The van der Waals surface area contributed by atoms with Crippen LogP contribution in [-0.2, 0) is 4.79 Å². The minimum atomic E-state index is 0. The topological polar surface area (TPSA) is 54.0 Å². The van der Waals surface area contributed by atoms with Crippen molar-refractivity contribution in [1.82, 2.24) is 10.3 Å². The molecular formula is C11H17Cl2N3O. The Labute approximate surface area is 113 Å². The maximum Gasteiger partial charge on any atom is 0.228 e. The Morgan fingerprint density at radius 3 is 2.88 bits per heavy atom. The number of carbonyl (C=O) groups excluding carboxylic acids is 1. The highest BCUT2D eigenvalue weighted by atomic mass is 35.5. The fourth-order valence-corrected chi connectivity index (χ4v) is 1.71. The van der Waals surface area contributed by atoms with Gasteiger partial charge in [0.25, 0.3) is 0 Å². The van der Waals surface area contributed by atoms with Gasteiger partial charge in [0.2, 0.25) is 5.91 Å². The van der Waals surface area contributed by atoms with Gasteiger partial charge in [0.1, 0.15) is 0 Å². The van der Waals surface area contributed by atoms with Crippen LogP contribution in [-0.4, -0.2) is 24.0 Å². The summed E-state index contributed by atoms with van der Waals surface area (Å²) in [6, 6.07) is 1.89. The number of carbonyl (C=O) groups is 1. The Hall–Kier alpha value is -0.840. The Morgan fingerprint density at radius 2 is 2.29 bits per heavy atom. The average molecular weight is 278 g/mol. The molecule has 1 atom stereocenters. The molecule has 0 aliphatic carbocycles. The third-order valence-corrected chi connectivity index (χ3v) is 2.73. The summed E-state index contributed by atoms with van der Waals surface area (Å²) in [5, 5.41) is 6.09. The van der Waals surface area contributed by atoms with Gasteiger partial charge in [-0.05, 0) is 31.5 Å². The lowest BCUT2D eigenvalue weighted by atomic mass is 10.1. The molecular weight excluding hydrogens is 261 g/mol. The molecule has 0 saturated carbocycles. The number of amides is 1. The second kappa shape index (κ2) is 7.48. The molecule has 1 aromatic heterocycles. The summed E-state index contributed by atoms with van der Waals surface area (Å²) >= 11 is 0. The van der Waals surface area contributed by atoms with E-state index in [-0.39, 0.29) is 36.6 Å². The van der Waals surface area contributed by atoms with Gasteiger partial charge in [-0.1, -0.05) is 0 Å². The fourth-order valence-electron chi connectivity index (χ4n) is 1.71. The van der Waals surface area contributed by atoms with Crippen LogP contribution in [0.5, 0.6) is 0 Å². The summed E-state index contributed by atoms with van der Waals surface area (Å²) in [6.45, 7) is 3.68. The summed E-state index contributed by atoms with van der Waals surface area (Å²) < 4.78 is 0. The van der Waals surface area contributed by atoms with Crippen LogP contribution in [0.15, 0.2) is 18.5 Å². The number of hydrogen-bond donors (Lipinski definition) is 2. The average Bonchev–Trinajstić information content (AvgIpc) is 2.74. The van der Waals surface area contributed by atoms with E-state index in [9.17, 15) is 4.79 Å². The van der Waals surface area contributed by atoms with Crippen molar-refractivity contribution in [3.05, 3.63) is 24.0 Å². The lowest BCUT2D eigenvalue weighted by Gasteiger charge is -2.11. The van der Waals surface area contributed by atoms with Crippen molar-refractivity contribution in [1.29, 1.82) is 0 Å². The van der Waals surface area contributed by atoms with Gasteiger partial charge in [-0.25, -0.2) is 0 Å². The Bertz CT molecular complexity index is 367. The molecule has 2 heterocycles. The Kier molecular flexibility index (Phi) is 7.11. The van der Waals surface area contributed by atoms with Gasteiger partial charge in [0.15, 0.2) is 0 Å². The molecule has 96 valence electrons. The van der Waals surface area contributed by atoms with E-state index in [0.29, 0.717) is 0 Å². The molecule has 0 radical (unpaired) electrons. The molecule has 1 amide bonds. The van der Waals surface area contributed by atoms with Gasteiger partial charge >= 0.3 is 0 Å². The number of rotatable bonds is 2. The summed E-state index contributed by atoms with van der Waals surface area (Å²) in [6.07, 6.45) is 4.34. The quantitative estimate of drug-likeness (QED) is 0.867. The minimum Gasteiger partial charge on any atom is -0.324 e. The molecule has 0 aromatic carbocycles. The first-order valence-electron chi connectivity index (χ1n) is 5.19. The second-order valence-electron chi connectivity index (χ2n) is 3.87. The molecule has 0 spiro atoms. The van der Waals surface area contributed by atoms with Crippen LogP contribution in [0.3, 0.4) is 0 Å². The largest absolute Gasteiger partial charge is 0.324 e. The van der Waals surface area contributed by atoms with Crippen LogP contribution < -0.4 is 10.6 Å². The molecule has 4 nitrogen and oxygen atoms in total. The number of halogens is 2. The number of aryl methyl sites for hydroxylation is 1. The van der Waals surface area contributed by atoms with Crippen molar-refractivity contribution in [2.45, 2.75) is 13.3 Å². The molecule has 6 heteroatoms. The molecule has 2 N–H and O–H groups in total. The van der Waals surface area contributed by atoms with Crippen LogP contribution in [0.4, 0.5) is 5.69 Å². The fraction of sp³-hybridized carbons (Fsp3) is 0.455. The van der Waals surface area contributed by atoms with Gasteiger partial charge < -0.3 is 10.6 Å². The highest BCUT2D eigenvalue weighted by molar-refractivity contribution is 5.93. The molecule has 1 aromatic rings. The van der Waals surface area contributed by atoms with Crippen molar-refractivity contribution in [3.63, 3.8) is 0 Å². The van der Waals surface area contributed by atoms with Crippen LogP contribution in [0.1, 0.15) is 12.0 Å². The second-order valence-corrected chi connectivity index (χ2v) is 3.87. The predicted molar refractivity (Wildman–Crippen MR) is 73.1 cm³/mol. The van der Waals surface area contributed by atoms with E-state index >= 15 is 0 Å². The van der Waals surface area contributed by atoms with Gasteiger partial charge in [0.05, 0.1) is 17.8 Å². The number of aromatic nitrogens is 1. The lowest BCUT2D eigenvalue weighted by molar-refractivity contribution is -0.119. The molecule has 1 unspecified atom stereocenters. The first kappa shape index (κ1) is 16.2. The van der Waals surface area contributed by atoms with E-state index in [2.05, 4.69) is 15.6 Å².